The summed E-state index contributed by atoms with van der Waals surface area (Å²) in [5, 5.41) is 12.2. The Morgan fingerprint density at radius 2 is 1.96 bits per heavy atom. The van der Waals surface area contributed by atoms with Crippen molar-refractivity contribution in [3.05, 3.63) is 23.1 Å². The van der Waals surface area contributed by atoms with E-state index in [2.05, 4.69) is 15.3 Å². The van der Waals surface area contributed by atoms with Crippen molar-refractivity contribution in [2.24, 2.45) is 0 Å². The van der Waals surface area contributed by atoms with Crippen molar-refractivity contribution in [1.29, 1.82) is 0 Å². The summed E-state index contributed by atoms with van der Waals surface area (Å²) < 4.78 is 12.1. The maximum Gasteiger partial charge on any atom is 0.491 e. The van der Waals surface area contributed by atoms with Crippen LogP contribution in [0.1, 0.15) is 43.9 Å². The Morgan fingerprint density at radius 3 is 2.46 bits per heavy atom. The molecule has 0 spiro atoms. The van der Waals surface area contributed by atoms with Crippen molar-refractivity contribution in [2.45, 2.75) is 38.9 Å². The van der Waals surface area contributed by atoms with Gasteiger partial charge in [-0.2, -0.15) is 0 Å². The van der Waals surface area contributed by atoms with E-state index in [1.54, 1.807) is 13.1 Å². The standard InChI is InChI=1S/C15H23BN4O4/c1-14(2)15(3,4)24-16(23-14)9(7-18-5)6-10-8-19-12(17)11(20-10)13(21)22/h6,8,18H,7H2,1-5H3,(H2,17,19)(H,21,22). The molecule has 0 bridgehead atoms. The maximum absolute atomic E-state index is 11.1. The number of hydrogen-bond acceptors (Lipinski definition) is 7. The number of carboxylic acids is 1. The van der Waals surface area contributed by atoms with Gasteiger partial charge in [0.15, 0.2) is 11.5 Å². The molecular weight excluding hydrogens is 311 g/mol. The third kappa shape index (κ3) is 3.58. The molecule has 24 heavy (non-hydrogen) atoms. The number of nitrogens with zero attached hydrogens (tertiary/aromatic N) is 2. The number of carboxylic acid groups (broad SMARTS) is 1. The third-order valence-electron chi connectivity index (χ3n) is 4.29. The molecule has 1 aromatic heterocycles. The van der Waals surface area contributed by atoms with Gasteiger partial charge in [0.05, 0.1) is 23.1 Å². The number of hydrogen-bond donors (Lipinski definition) is 3. The molecule has 0 radical (unpaired) electrons. The molecule has 1 aliphatic rings. The van der Waals surface area contributed by atoms with Gasteiger partial charge in [-0.25, -0.2) is 14.8 Å². The molecule has 1 aliphatic heterocycles. The first-order valence-corrected chi connectivity index (χ1v) is 7.64. The van der Waals surface area contributed by atoms with E-state index in [1.165, 1.54) is 6.20 Å². The highest BCUT2D eigenvalue weighted by Gasteiger charge is 2.52. The zero-order valence-electron chi connectivity index (χ0n) is 14.6. The number of aromatic carboxylic acids is 1. The van der Waals surface area contributed by atoms with Crippen LogP contribution in [-0.4, -0.2) is 53.0 Å². The largest absolute Gasteiger partial charge is 0.491 e. The predicted molar refractivity (Wildman–Crippen MR) is 91.4 cm³/mol. The molecule has 1 fully saturated rings. The molecule has 9 heteroatoms. The summed E-state index contributed by atoms with van der Waals surface area (Å²) in [7, 11) is 1.24. The van der Waals surface area contributed by atoms with Crippen molar-refractivity contribution in [2.75, 3.05) is 19.3 Å². The Bertz CT molecular complexity index is 659. The van der Waals surface area contributed by atoms with Crippen LogP contribution >= 0.6 is 0 Å². The van der Waals surface area contributed by atoms with E-state index in [1.807, 2.05) is 27.7 Å². The average Bonchev–Trinajstić information content (AvgIpc) is 2.68. The Balaban J connectivity index is 2.37. The van der Waals surface area contributed by atoms with Crippen LogP contribution in [0, 0.1) is 0 Å². The number of nitrogen functional groups attached to an aromatic ring is 1. The first-order valence-electron chi connectivity index (χ1n) is 7.64. The van der Waals surface area contributed by atoms with E-state index in [-0.39, 0.29) is 11.5 Å². The van der Waals surface area contributed by atoms with Crippen LogP contribution in [0.5, 0.6) is 0 Å². The first kappa shape index (κ1) is 18.4. The van der Waals surface area contributed by atoms with Gasteiger partial charge in [-0.1, -0.05) is 0 Å². The van der Waals surface area contributed by atoms with Crippen LogP contribution < -0.4 is 11.1 Å². The minimum Gasteiger partial charge on any atom is -0.476 e. The van der Waals surface area contributed by atoms with E-state index in [0.717, 1.165) is 5.47 Å². The third-order valence-corrected chi connectivity index (χ3v) is 4.29. The summed E-state index contributed by atoms with van der Waals surface area (Å²) in [5.74, 6) is -1.34. The Hall–Kier alpha value is -1.97. The van der Waals surface area contributed by atoms with Crippen LogP contribution in [0.2, 0.25) is 0 Å². The molecule has 130 valence electrons. The lowest BCUT2D eigenvalue weighted by atomic mass is 9.77. The summed E-state index contributed by atoms with van der Waals surface area (Å²) in [6.07, 6.45) is 3.13. The summed E-state index contributed by atoms with van der Waals surface area (Å²) >= 11 is 0. The zero-order valence-corrected chi connectivity index (χ0v) is 14.6. The monoisotopic (exact) mass is 334 g/mol. The van der Waals surface area contributed by atoms with Crippen molar-refractivity contribution in [1.82, 2.24) is 15.3 Å². The Morgan fingerprint density at radius 1 is 1.38 bits per heavy atom. The fraction of sp³-hybridized carbons (Fsp3) is 0.533. The van der Waals surface area contributed by atoms with Gasteiger partial charge in [0.2, 0.25) is 0 Å². The quantitative estimate of drug-likeness (QED) is 0.682. The normalized spacial score (nSPS) is 19.5. The van der Waals surface area contributed by atoms with Gasteiger partial charge in [0.1, 0.15) is 0 Å². The molecule has 8 nitrogen and oxygen atoms in total. The van der Waals surface area contributed by atoms with Crippen LogP contribution in [0.15, 0.2) is 11.7 Å². The molecule has 0 atom stereocenters. The van der Waals surface area contributed by atoms with Gasteiger partial charge >= 0.3 is 13.1 Å². The van der Waals surface area contributed by atoms with E-state index in [4.69, 9.17) is 20.1 Å². The molecule has 0 unspecified atom stereocenters. The first-order chi connectivity index (χ1) is 11.1. The smallest absolute Gasteiger partial charge is 0.476 e. The second-order valence-electron chi connectivity index (χ2n) is 6.67. The predicted octanol–water partition coefficient (Wildman–Crippen LogP) is 0.991. The second-order valence-corrected chi connectivity index (χ2v) is 6.67. The number of carbonyl (C=O) groups is 1. The molecule has 0 amide bonds. The zero-order chi connectivity index (χ0) is 18.1. The van der Waals surface area contributed by atoms with E-state index in [9.17, 15) is 4.79 Å². The van der Waals surface area contributed by atoms with Gasteiger partial charge in [-0.3, -0.25) is 0 Å². The van der Waals surface area contributed by atoms with Crippen LogP contribution in [0.25, 0.3) is 6.08 Å². The number of aromatic nitrogens is 2. The SMILES string of the molecule is CNCC(=Cc1cnc(N)c(C(=O)O)n1)B1OC(C)(C)C(C)(C)O1. The highest BCUT2D eigenvalue weighted by molar-refractivity contribution is 6.55. The molecule has 2 heterocycles. The minimum absolute atomic E-state index is 0.120. The lowest BCUT2D eigenvalue weighted by Crippen LogP contribution is -2.41. The second kappa shape index (κ2) is 6.50. The Kier molecular flexibility index (Phi) is 4.98. The molecule has 1 saturated heterocycles. The molecule has 0 saturated carbocycles. The average molecular weight is 334 g/mol. The van der Waals surface area contributed by atoms with Crippen molar-refractivity contribution >= 4 is 25.0 Å². The van der Waals surface area contributed by atoms with Crippen molar-refractivity contribution < 1.29 is 19.2 Å². The molecule has 1 aromatic rings. The molecular formula is C15H23BN4O4. The molecule has 0 aliphatic carbocycles. The highest BCUT2D eigenvalue weighted by atomic mass is 16.7. The highest BCUT2D eigenvalue weighted by Crippen LogP contribution is 2.38. The lowest BCUT2D eigenvalue weighted by Gasteiger charge is -2.32. The maximum atomic E-state index is 11.1. The minimum atomic E-state index is -1.22. The van der Waals surface area contributed by atoms with Gasteiger partial charge in [-0.05, 0) is 46.3 Å². The number of rotatable bonds is 5. The van der Waals surface area contributed by atoms with Crippen LogP contribution in [0.3, 0.4) is 0 Å². The van der Waals surface area contributed by atoms with Gasteiger partial charge < -0.3 is 25.5 Å². The van der Waals surface area contributed by atoms with Gasteiger partial charge in [0, 0.05) is 6.54 Å². The van der Waals surface area contributed by atoms with Gasteiger partial charge in [0.25, 0.3) is 0 Å². The van der Waals surface area contributed by atoms with E-state index in [0.29, 0.717) is 12.2 Å². The van der Waals surface area contributed by atoms with E-state index >= 15 is 0 Å². The lowest BCUT2D eigenvalue weighted by molar-refractivity contribution is 0.00578. The fourth-order valence-electron chi connectivity index (χ4n) is 2.23. The van der Waals surface area contributed by atoms with Crippen molar-refractivity contribution in [3.8, 4) is 0 Å². The summed E-state index contributed by atoms with van der Waals surface area (Å²) in [5.41, 5.74) is 5.48. The van der Waals surface area contributed by atoms with Crippen LogP contribution in [-0.2, 0) is 9.31 Å². The van der Waals surface area contributed by atoms with E-state index < -0.39 is 24.3 Å². The topological polar surface area (TPSA) is 120 Å². The number of nitrogens with one attached hydrogen (secondary N) is 1. The number of nitrogens with two attached hydrogens (primary N) is 1. The summed E-state index contributed by atoms with van der Waals surface area (Å²) in [4.78, 5) is 19.1. The Labute approximate surface area is 141 Å². The molecule has 2 rings (SSSR count). The molecule has 0 aromatic carbocycles. The number of likely N-dealkylation sites (N-methyl/N-ethyl adjacent to an activating group) is 1. The van der Waals surface area contributed by atoms with Crippen LogP contribution in [0.4, 0.5) is 5.82 Å². The summed E-state index contributed by atoms with van der Waals surface area (Å²) in [6, 6.07) is 0. The summed E-state index contributed by atoms with van der Waals surface area (Å²) in [6.45, 7) is 8.36. The van der Waals surface area contributed by atoms with Gasteiger partial charge in [-0.15, -0.1) is 0 Å². The number of anilines is 1. The fourth-order valence-corrected chi connectivity index (χ4v) is 2.23. The van der Waals surface area contributed by atoms with Crippen molar-refractivity contribution in [3.63, 3.8) is 0 Å². The molecule has 4 N–H and O–H groups in total.